The summed E-state index contributed by atoms with van der Waals surface area (Å²) in [4.78, 5) is 13.7. The first-order valence-electron chi connectivity index (χ1n) is 14.1. The number of carbonyl (C=O) groups excluding carboxylic acids is 1. The maximum absolute atomic E-state index is 13.7. The van der Waals surface area contributed by atoms with Gasteiger partial charge in [-0.2, -0.15) is 0 Å². The SMILES string of the molecule is CC[C@H](C)[C@H](O[Si](CC)(CC)CC)[C@H](C)C(=O)C(C)C(O)[C@@H](C)[C@@H](CC)O[Si](C)(C)C(C)(C)C. The molecule has 1 N–H and O–H groups in total. The highest BCUT2D eigenvalue weighted by Crippen LogP contribution is 2.39. The van der Waals surface area contributed by atoms with Crippen LogP contribution in [0, 0.1) is 23.7 Å². The van der Waals surface area contributed by atoms with E-state index in [2.05, 4.69) is 75.4 Å². The van der Waals surface area contributed by atoms with Crippen molar-refractivity contribution in [3.63, 3.8) is 0 Å². The number of carbonyl (C=O) groups is 1. The molecule has 34 heavy (non-hydrogen) atoms. The predicted molar refractivity (Wildman–Crippen MR) is 152 cm³/mol. The van der Waals surface area contributed by atoms with Crippen molar-refractivity contribution in [2.24, 2.45) is 23.7 Å². The molecule has 0 aromatic heterocycles. The molecule has 0 bridgehead atoms. The Bertz CT molecular complexity index is 589. The molecule has 0 aliphatic rings. The number of Topliss-reactive ketones (excluding diaryl/α,β-unsaturated/α-hetero) is 1. The lowest BCUT2D eigenvalue weighted by Gasteiger charge is -2.42. The Hall–Kier alpha value is -0.0162. The van der Waals surface area contributed by atoms with Crippen molar-refractivity contribution in [3.8, 4) is 0 Å². The van der Waals surface area contributed by atoms with Gasteiger partial charge in [-0.3, -0.25) is 4.79 Å². The van der Waals surface area contributed by atoms with Crippen LogP contribution in [0.15, 0.2) is 0 Å². The molecule has 0 aromatic carbocycles. The van der Waals surface area contributed by atoms with Gasteiger partial charge in [0.25, 0.3) is 0 Å². The third kappa shape index (κ3) is 8.53. The van der Waals surface area contributed by atoms with E-state index >= 15 is 0 Å². The Balaban J connectivity index is 5.72. The van der Waals surface area contributed by atoms with Crippen LogP contribution >= 0.6 is 0 Å². The van der Waals surface area contributed by atoms with E-state index in [4.69, 9.17) is 8.85 Å². The Morgan fingerprint density at radius 2 is 1.29 bits per heavy atom. The summed E-state index contributed by atoms with van der Waals surface area (Å²) in [5.74, 6) is -0.355. The van der Waals surface area contributed by atoms with Crippen molar-refractivity contribution in [1.29, 1.82) is 0 Å². The zero-order chi connectivity index (χ0) is 27.1. The number of rotatable bonds is 16. The van der Waals surface area contributed by atoms with E-state index in [-0.39, 0.29) is 34.9 Å². The fourth-order valence-electron chi connectivity index (χ4n) is 4.77. The van der Waals surface area contributed by atoms with Crippen LogP contribution in [0.5, 0.6) is 0 Å². The van der Waals surface area contributed by atoms with Crippen molar-refractivity contribution in [2.75, 3.05) is 0 Å². The average molecular weight is 517 g/mol. The van der Waals surface area contributed by atoms with Crippen LogP contribution in [0.4, 0.5) is 0 Å². The molecule has 2 unspecified atom stereocenters. The van der Waals surface area contributed by atoms with Gasteiger partial charge in [0.1, 0.15) is 5.78 Å². The number of hydrogen-bond acceptors (Lipinski definition) is 4. The average Bonchev–Trinajstić information content (AvgIpc) is 2.80. The van der Waals surface area contributed by atoms with Gasteiger partial charge in [-0.25, -0.2) is 0 Å². The molecule has 0 radical (unpaired) electrons. The van der Waals surface area contributed by atoms with Gasteiger partial charge in [0, 0.05) is 23.9 Å². The summed E-state index contributed by atoms with van der Waals surface area (Å²) in [6, 6.07) is 3.23. The first-order valence-corrected chi connectivity index (χ1v) is 19.5. The largest absolute Gasteiger partial charge is 0.414 e. The maximum Gasteiger partial charge on any atom is 0.192 e. The van der Waals surface area contributed by atoms with Crippen LogP contribution in [0.1, 0.15) is 95.9 Å². The predicted octanol–water partition coefficient (Wildman–Crippen LogP) is 8.06. The van der Waals surface area contributed by atoms with Gasteiger partial charge in [-0.05, 0) is 48.6 Å². The van der Waals surface area contributed by atoms with Crippen LogP contribution in [0.25, 0.3) is 0 Å². The lowest BCUT2D eigenvalue weighted by molar-refractivity contribution is -0.135. The van der Waals surface area contributed by atoms with Crippen molar-refractivity contribution in [2.45, 2.75) is 151 Å². The molecular weight excluding hydrogens is 456 g/mol. The van der Waals surface area contributed by atoms with Crippen LogP contribution < -0.4 is 0 Å². The highest BCUT2D eigenvalue weighted by molar-refractivity contribution is 6.74. The molecule has 0 aromatic rings. The van der Waals surface area contributed by atoms with Gasteiger partial charge >= 0.3 is 0 Å². The number of ketones is 1. The molecule has 204 valence electrons. The Kier molecular flexibility index (Phi) is 14.1. The van der Waals surface area contributed by atoms with E-state index in [0.29, 0.717) is 5.92 Å². The quantitative estimate of drug-likeness (QED) is 0.211. The summed E-state index contributed by atoms with van der Waals surface area (Å²) < 4.78 is 13.6. The van der Waals surface area contributed by atoms with Gasteiger partial charge in [-0.15, -0.1) is 0 Å². The minimum absolute atomic E-state index is 0.0524. The third-order valence-corrected chi connectivity index (χ3v) is 18.3. The number of aliphatic hydroxyl groups excluding tert-OH is 1. The molecule has 0 rings (SSSR count). The standard InChI is InChI=1S/C28H60O4Si2/c1-15-20(6)27(32-34(17-3,18-4)19-5)23(9)26(30)22(8)25(29)21(7)24(16-2)31-33(13,14)28(10,11)12/h20-25,27,29H,15-19H2,1-14H3/t20-,21-,22?,23+,24+,25?,27-/m0/s1. The van der Waals surface area contributed by atoms with E-state index in [1.807, 2.05) is 20.8 Å². The first-order chi connectivity index (χ1) is 15.5. The highest BCUT2D eigenvalue weighted by atomic mass is 28.4. The highest BCUT2D eigenvalue weighted by Gasteiger charge is 2.43. The molecule has 4 nitrogen and oxygen atoms in total. The minimum Gasteiger partial charge on any atom is -0.414 e. The fraction of sp³-hybridized carbons (Fsp3) is 0.964. The lowest BCUT2D eigenvalue weighted by atomic mass is 9.79. The molecule has 7 atom stereocenters. The van der Waals surface area contributed by atoms with Crippen molar-refractivity contribution < 1.29 is 18.8 Å². The Morgan fingerprint density at radius 3 is 1.65 bits per heavy atom. The van der Waals surface area contributed by atoms with E-state index in [9.17, 15) is 9.90 Å². The van der Waals surface area contributed by atoms with Crippen molar-refractivity contribution in [3.05, 3.63) is 0 Å². The zero-order valence-electron chi connectivity index (χ0n) is 25.2. The maximum atomic E-state index is 13.7. The van der Waals surface area contributed by atoms with Crippen molar-refractivity contribution >= 4 is 22.4 Å². The lowest BCUT2D eigenvalue weighted by Crippen LogP contribution is -2.50. The van der Waals surface area contributed by atoms with Gasteiger partial charge in [0.15, 0.2) is 16.6 Å². The molecule has 0 amide bonds. The van der Waals surface area contributed by atoms with Gasteiger partial charge in [0.05, 0.1) is 12.2 Å². The fourth-order valence-corrected chi connectivity index (χ4v) is 9.28. The first kappa shape index (κ1) is 34.0. The van der Waals surface area contributed by atoms with Crippen LogP contribution in [0.3, 0.4) is 0 Å². The molecule has 0 spiro atoms. The molecule has 0 aliphatic heterocycles. The molecule has 6 heteroatoms. The Labute approximate surface area is 215 Å². The minimum atomic E-state index is -1.97. The summed E-state index contributed by atoms with van der Waals surface area (Å²) in [5, 5.41) is 11.4. The van der Waals surface area contributed by atoms with Crippen LogP contribution in [0.2, 0.25) is 36.3 Å². The zero-order valence-corrected chi connectivity index (χ0v) is 27.2. The topological polar surface area (TPSA) is 55.8 Å². The van der Waals surface area contributed by atoms with Gasteiger partial charge in [0.2, 0.25) is 0 Å². The van der Waals surface area contributed by atoms with E-state index in [1.165, 1.54) is 0 Å². The second-order valence-corrected chi connectivity index (χ2v) is 21.8. The molecule has 0 heterocycles. The van der Waals surface area contributed by atoms with Crippen LogP contribution in [-0.4, -0.2) is 45.8 Å². The molecular formula is C28H60O4Si2. The smallest absolute Gasteiger partial charge is 0.192 e. The van der Waals surface area contributed by atoms with E-state index in [1.54, 1.807) is 0 Å². The molecule has 0 saturated carbocycles. The third-order valence-electron chi connectivity index (χ3n) is 9.21. The molecule has 0 fully saturated rings. The molecule has 0 saturated heterocycles. The summed E-state index contributed by atoms with van der Waals surface area (Å²) in [6.07, 6.45) is 0.947. The summed E-state index contributed by atoms with van der Waals surface area (Å²) in [6.45, 7) is 30.4. The van der Waals surface area contributed by atoms with Gasteiger partial charge < -0.3 is 14.0 Å². The van der Waals surface area contributed by atoms with E-state index < -0.39 is 28.7 Å². The van der Waals surface area contributed by atoms with Crippen LogP contribution in [-0.2, 0) is 13.6 Å². The normalized spacial score (nSPS) is 19.7. The Morgan fingerprint density at radius 1 is 0.824 bits per heavy atom. The van der Waals surface area contributed by atoms with Gasteiger partial charge in [-0.1, -0.05) is 89.5 Å². The monoisotopic (exact) mass is 516 g/mol. The summed E-state index contributed by atoms with van der Waals surface area (Å²) >= 11 is 0. The van der Waals surface area contributed by atoms with E-state index in [0.717, 1.165) is 31.0 Å². The second-order valence-electron chi connectivity index (χ2n) is 12.4. The summed E-state index contributed by atoms with van der Waals surface area (Å²) in [7, 11) is -3.82. The molecule has 0 aliphatic carbocycles. The number of hydrogen-bond donors (Lipinski definition) is 1. The van der Waals surface area contributed by atoms with Crippen molar-refractivity contribution in [1.82, 2.24) is 0 Å². The number of aliphatic hydroxyl groups is 1. The second kappa shape index (κ2) is 14.1. The summed E-state index contributed by atoms with van der Waals surface area (Å²) in [5.41, 5.74) is 0.